The summed E-state index contributed by atoms with van der Waals surface area (Å²) in [6, 6.07) is 8.84. The number of carbonyl (C=O) groups is 1. The molecule has 0 aliphatic heterocycles. The van der Waals surface area contributed by atoms with Crippen LogP contribution >= 0.6 is 0 Å². The zero-order chi connectivity index (χ0) is 19.4. The molecule has 1 saturated carbocycles. The number of benzene rings is 1. The number of pyridine rings is 1. The van der Waals surface area contributed by atoms with E-state index < -0.39 is 15.9 Å². The highest BCUT2D eigenvalue weighted by molar-refractivity contribution is 7.89. The highest BCUT2D eigenvalue weighted by Crippen LogP contribution is 2.27. The molecular formula is C19H23N3O4S. The Labute approximate surface area is 159 Å². The van der Waals surface area contributed by atoms with E-state index in [0.717, 1.165) is 32.1 Å². The van der Waals surface area contributed by atoms with E-state index in [-0.39, 0.29) is 28.1 Å². The lowest BCUT2D eigenvalue weighted by Crippen LogP contribution is -2.38. The van der Waals surface area contributed by atoms with Gasteiger partial charge in [0, 0.05) is 24.8 Å². The van der Waals surface area contributed by atoms with Crippen molar-refractivity contribution >= 4 is 21.7 Å². The fraction of sp³-hybridized carbons (Fsp3) is 0.368. The molecule has 8 heteroatoms. The molecule has 1 aliphatic rings. The molecule has 7 nitrogen and oxygen atoms in total. The summed E-state index contributed by atoms with van der Waals surface area (Å²) in [5.41, 5.74) is 0.179. The van der Waals surface area contributed by atoms with Crippen LogP contribution in [0.5, 0.6) is 5.75 Å². The number of amides is 1. The molecule has 0 unspecified atom stereocenters. The van der Waals surface area contributed by atoms with Crippen molar-refractivity contribution in [3.8, 4) is 5.75 Å². The molecule has 1 aromatic carbocycles. The van der Waals surface area contributed by atoms with Crippen molar-refractivity contribution in [1.82, 2.24) is 9.29 Å². The van der Waals surface area contributed by atoms with Gasteiger partial charge in [-0.25, -0.2) is 13.4 Å². The van der Waals surface area contributed by atoms with Crippen LogP contribution in [0.15, 0.2) is 47.5 Å². The van der Waals surface area contributed by atoms with Gasteiger partial charge in [-0.15, -0.1) is 0 Å². The molecule has 0 bridgehead atoms. The Kier molecular flexibility index (Phi) is 5.76. The summed E-state index contributed by atoms with van der Waals surface area (Å²) >= 11 is 0. The SMILES string of the molecule is CN(C1CCCCC1)S(=O)(=O)c1cccc(C(=O)Nc2ncccc2O)c1. The number of nitrogens with one attached hydrogen (secondary N) is 1. The second-order valence-corrected chi connectivity index (χ2v) is 8.66. The van der Waals surface area contributed by atoms with E-state index in [4.69, 9.17) is 0 Å². The van der Waals surface area contributed by atoms with Crippen molar-refractivity contribution in [3.05, 3.63) is 48.2 Å². The van der Waals surface area contributed by atoms with Crippen molar-refractivity contribution in [2.45, 2.75) is 43.0 Å². The van der Waals surface area contributed by atoms with E-state index in [0.29, 0.717) is 0 Å². The largest absolute Gasteiger partial charge is 0.504 e. The summed E-state index contributed by atoms with van der Waals surface area (Å²) in [6.45, 7) is 0. The van der Waals surface area contributed by atoms with Gasteiger partial charge in [-0.2, -0.15) is 4.31 Å². The highest BCUT2D eigenvalue weighted by Gasteiger charge is 2.29. The van der Waals surface area contributed by atoms with E-state index >= 15 is 0 Å². The lowest BCUT2D eigenvalue weighted by atomic mass is 9.96. The zero-order valence-corrected chi connectivity index (χ0v) is 15.9. The number of carbonyl (C=O) groups excluding carboxylic acids is 1. The topological polar surface area (TPSA) is 99.6 Å². The standard InChI is InChI=1S/C19H23N3O4S/c1-22(15-8-3-2-4-9-15)27(25,26)16-10-5-7-14(13-16)19(24)21-18-17(23)11-6-12-20-18/h5-7,10-13,15,23H,2-4,8-9H2,1H3,(H,20,21,24). The smallest absolute Gasteiger partial charge is 0.256 e. The average molecular weight is 389 g/mol. The number of hydrogen-bond acceptors (Lipinski definition) is 5. The molecule has 0 radical (unpaired) electrons. The summed E-state index contributed by atoms with van der Waals surface area (Å²) in [5.74, 6) is -0.678. The molecule has 1 heterocycles. The molecule has 1 fully saturated rings. The van der Waals surface area contributed by atoms with Crippen molar-refractivity contribution < 1.29 is 18.3 Å². The fourth-order valence-corrected chi connectivity index (χ4v) is 4.74. The minimum Gasteiger partial charge on any atom is -0.504 e. The van der Waals surface area contributed by atoms with Crippen LogP contribution in [0.4, 0.5) is 5.82 Å². The van der Waals surface area contributed by atoms with Crippen LogP contribution in [-0.2, 0) is 10.0 Å². The van der Waals surface area contributed by atoms with Crippen molar-refractivity contribution in [1.29, 1.82) is 0 Å². The molecule has 1 amide bonds. The van der Waals surface area contributed by atoms with Crippen LogP contribution in [0.1, 0.15) is 42.5 Å². The number of nitrogens with zero attached hydrogens (tertiary/aromatic N) is 2. The Morgan fingerprint density at radius 2 is 1.93 bits per heavy atom. The van der Waals surface area contributed by atoms with Gasteiger partial charge >= 0.3 is 0 Å². The zero-order valence-electron chi connectivity index (χ0n) is 15.1. The maximum Gasteiger partial charge on any atom is 0.256 e. The Bertz CT molecular complexity index is 924. The Morgan fingerprint density at radius 3 is 2.63 bits per heavy atom. The first-order valence-corrected chi connectivity index (χ1v) is 10.4. The number of aromatic nitrogens is 1. The second-order valence-electron chi connectivity index (χ2n) is 6.67. The number of anilines is 1. The monoisotopic (exact) mass is 389 g/mol. The summed E-state index contributed by atoms with van der Waals surface area (Å²) in [6.07, 6.45) is 6.35. The van der Waals surface area contributed by atoms with E-state index in [1.54, 1.807) is 13.1 Å². The van der Waals surface area contributed by atoms with Gasteiger partial charge in [0.2, 0.25) is 10.0 Å². The maximum absolute atomic E-state index is 13.0. The molecule has 0 spiro atoms. The van der Waals surface area contributed by atoms with Crippen molar-refractivity contribution in [2.24, 2.45) is 0 Å². The van der Waals surface area contributed by atoms with Gasteiger partial charge in [0.1, 0.15) is 0 Å². The molecule has 2 N–H and O–H groups in total. The van der Waals surface area contributed by atoms with Crippen molar-refractivity contribution in [3.63, 3.8) is 0 Å². The lowest BCUT2D eigenvalue weighted by molar-refractivity contribution is 0.102. The molecule has 0 saturated heterocycles. The number of aromatic hydroxyl groups is 1. The van der Waals surface area contributed by atoms with Crippen LogP contribution in [-0.4, -0.2) is 41.8 Å². The predicted molar refractivity (Wildman–Crippen MR) is 102 cm³/mol. The number of rotatable bonds is 5. The van der Waals surface area contributed by atoms with Crippen LogP contribution < -0.4 is 5.32 Å². The molecule has 2 aromatic rings. The van der Waals surface area contributed by atoms with Gasteiger partial charge in [-0.05, 0) is 43.2 Å². The van der Waals surface area contributed by atoms with Gasteiger partial charge in [0.15, 0.2) is 11.6 Å². The summed E-state index contributed by atoms with van der Waals surface area (Å²) < 4.78 is 27.3. The fourth-order valence-electron chi connectivity index (χ4n) is 3.28. The number of hydrogen-bond donors (Lipinski definition) is 2. The molecule has 1 aliphatic carbocycles. The van der Waals surface area contributed by atoms with E-state index in [1.165, 1.54) is 40.8 Å². The average Bonchev–Trinajstić information content (AvgIpc) is 2.70. The maximum atomic E-state index is 13.0. The molecular weight excluding hydrogens is 366 g/mol. The highest BCUT2D eigenvalue weighted by atomic mass is 32.2. The Hall–Kier alpha value is -2.45. The molecule has 1 aromatic heterocycles. The van der Waals surface area contributed by atoms with E-state index in [9.17, 15) is 18.3 Å². The summed E-state index contributed by atoms with van der Waals surface area (Å²) in [4.78, 5) is 16.4. The number of sulfonamides is 1. The van der Waals surface area contributed by atoms with Gasteiger partial charge < -0.3 is 10.4 Å². The normalized spacial score (nSPS) is 15.6. The third-order valence-corrected chi connectivity index (χ3v) is 6.79. The first-order valence-electron chi connectivity index (χ1n) is 8.93. The van der Waals surface area contributed by atoms with Crippen LogP contribution in [0, 0.1) is 0 Å². The molecule has 3 rings (SSSR count). The van der Waals surface area contributed by atoms with Crippen molar-refractivity contribution in [2.75, 3.05) is 12.4 Å². The van der Waals surface area contributed by atoms with Gasteiger partial charge in [-0.3, -0.25) is 4.79 Å². The van der Waals surface area contributed by atoms with Crippen LogP contribution in [0.3, 0.4) is 0 Å². The first kappa shape index (κ1) is 19.3. The Balaban J connectivity index is 1.82. The van der Waals surface area contributed by atoms with Crippen LogP contribution in [0.25, 0.3) is 0 Å². The third-order valence-electron chi connectivity index (χ3n) is 4.88. The third kappa shape index (κ3) is 4.28. The molecule has 27 heavy (non-hydrogen) atoms. The summed E-state index contributed by atoms with van der Waals surface area (Å²) in [7, 11) is -2.09. The van der Waals surface area contributed by atoms with Gasteiger partial charge in [0.05, 0.1) is 4.90 Å². The molecule has 144 valence electrons. The van der Waals surface area contributed by atoms with E-state index in [1.807, 2.05) is 0 Å². The quantitative estimate of drug-likeness (QED) is 0.819. The minimum atomic E-state index is -3.69. The second kappa shape index (κ2) is 8.06. The minimum absolute atomic E-state index is 0.00769. The Morgan fingerprint density at radius 1 is 1.19 bits per heavy atom. The van der Waals surface area contributed by atoms with Gasteiger partial charge in [0.25, 0.3) is 5.91 Å². The first-order chi connectivity index (χ1) is 12.9. The molecule has 0 atom stereocenters. The van der Waals surface area contributed by atoms with Gasteiger partial charge in [-0.1, -0.05) is 25.3 Å². The van der Waals surface area contributed by atoms with Crippen LogP contribution in [0.2, 0.25) is 0 Å². The lowest BCUT2D eigenvalue weighted by Gasteiger charge is -2.30. The summed E-state index contributed by atoms with van der Waals surface area (Å²) in [5, 5.41) is 12.2. The predicted octanol–water partition coefficient (Wildman–Crippen LogP) is 2.99. The van der Waals surface area contributed by atoms with E-state index in [2.05, 4.69) is 10.3 Å².